The van der Waals surface area contributed by atoms with Gasteiger partial charge >= 0.3 is 11.8 Å². The standard InChI is InChI=1S/2C57H52N4.8C2H6/c2*1-5-9-37-13-21-41(22-14-37)53-45-29-31-47-54(42-23-15-38(10-6-2)16-24-42)49-33-35-51-56(44-27-19-40(12-8-4)20-28-44)52-36-34-50-55(43-25-17-39(11-7-3)18-26-43)48-32-30-46(53)59(48)57(58(45)47,60(49)51)61(50)52;8*1-2/h2*13-36H,5-12H2,1-4H3;8*1-2H3/q2*+2;;;;;;;;/i29D,30D,31D,32D,33D,34D,35D,36D;;;;;;;;;. The van der Waals surface area contributed by atoms with Gasteiger partial charge in [0, 0.05) is 48.5 Å². The zero-order chi connectivity index (χ0) is 105. The second kappa shape index (κ2) is 43.8. The molecule has 0 saturated carbocycles. The van der Waals surface area contributed by atoms with E-state index in [1.165, 1.54) is 112 Å². The first-order valence-electron chi connectivity index (χ1n) is 57.1. The van der Waals surface area contributed by atoms with Crippen molar-refractivity contribution in [3.05, 3.63) is 447 Å². The largest absolute Gasteiger partial charge is 0.553 e. The van der Waals surface area contributed by atoms with Gasteiger partial charge in [-0.1, -0.05) is 430 Å². The van der Waals surface area contributed by atoms with Crippen LogP contribution in [0.3, 0.4) is 0 Å². The second-order valence-corrected chi connectivity index (χ2v) is 34.7. The highest BCUT2D eigenvalue weighted by molar-refractivity contribution is 6.31. The molecule has 0 amide bonds. The highest BCUT2D eigenvalue weighted by Gasteiger charge is 2.75. The predicted molar refractivity (Wildman–Crippen MR) is 589 cm³/mol. The zero-order valence-electron chi connectivity index (χ0n) is 95.0. The monoisotopic (exact) mass is 1830 g/mol. The molecule has 0 fully saturated rings. The maximum absolute atomic E-state index is 10.2. The molecule has 708 valence electrons. The van der Waals surface area contributed by atoms with Gasteiger partial charge < -0.3 is 0 Å². The first kappa shape index (κ1) is 88.9. The second-order valence-electron chi connectivity index (χ2n) is 34.7. The highest BCUT2D eigenvalue weighted by atomic mass is 15.6. The smallest absolute Gasteiger partial charge is 0.198 e. The van der Waals surface area contributed by atoms with Gasteiger partial charge in [-0.2, -0.15) is 18.3 Å². The molecule has 8 aromatic carbocycles. The van der Waals surface area contributed by atoms with Crippen LogP contribution in [0.15, 0.2) is 314 Å². The van der Waals surface area contributed by atoms with Crippen molar-refractivity contribution in [1.82, 2.24) is 18.3 Å². The van der Waals surface area contributed by atoms with E-state index in [1.807, 2.05) is 178 Å². The van der Waals surface area contributed by atoms with Gasteiger partial charge in [-0.25, -0.2) is 0 Å². The molecule has 12 aromatic rings. The lowest BCUT2D eigenvalue weighted by molar-refractivity contribution is -0.834. The van der Waals surface area contributed by atoms with Crippen LogP contribution in [0.25, 0.3) is 44.6 Å². The van der Waals surface area contributed by atoms with Crippen LogP contribution in [0.4, 0.5) is 0 Å². The number of hydrogen-bond donors (Lipinski definition) is 0. The van der Waals surface area contributed by atoms with Crippen LogP contribution in [-0.4, -0.2) is 59.4 Å². The molecule has 0 radical (unpaired) electrons. The van der Waals surface area contributed by atoms with Crippen molar-refractivity contribution in [3.63, 3.8) is 0 Å². The molecule has 4 aromatic heterocycles. The van der Waals surface area contributed by atoms with Crippen LogP contribution < -0.4 is 21.4 Å². The van der Waals surface area contributed by atoms with Crippen molar-refractivity contribution in [2.75, 3.05) is 0 Å². The fourth-order valence-electron chi connectivity index (χ4n) is 22.0. The first-order chi connectivity index (χ1) is 71.5. The van der Waals surface area contributed by atoms with Crippen LogP contribution in [0.5, 0.6) is 0 Å². The average molecular weight is 1830 g/mol. The Balaban J connectivity index is 0.000000194. The summed E-state index contributed by atoms with van der Waals surface area (Å²) in [6, 6.07) is 79.5. The van der Waals surface area contributed by atoms with Gasteiger partial charge in [0.2, 0.25) is 45.6 Å². The summed E-state index contributed by atoms with van der Waals surface area (Å²) in [7, 11) is 0. The van der Waals surface area contributed by atoms with Crippen molar-refractivity contribution in [2.45, 2.75) is 281 Å². The summed E-state index contributed by atoms with van der Waals surface area (Å²) in [5.74, 6) is -2.59. The van der Waals surface area contributed by atoms with Crippen LogP contribution in [0.1, 0.15) is 340 Å². The minimum Gasteiger partial charge on any atom is -0.198 e. The van der Waals surface area contributed by atoms with Gasteiger partial charge in [-0.15, -0.1) is 0 Å². The quantitative estimate of drug-likeness (QED) is 0.0540. The maximum Gasteiger partial charge on any atom is 0.553 e. The molecule has 8 heteroatoms. The summed E-state index contributed by atoms with van der Waals surface area (Å²) >= 11 is 0. The van der Waals surface area contributed by atoms with E-state index in [-0.39, 0.29) is 48.4 Å². The SMILES string of the molecule is CC.CC.CC.CC.CC.CC.CC.CC.CCCc1ccc(C2=C3C=CC4=[N+]3C35n6c2ccc6C(c2ccc(CCC)cc2)=C2C=CC(=[N+]23)C(c2ccc(CCC)cc2)=c2ccc(n25)=C4c2ccc(CCC)cc2)cc1.[2H]C1=C([2H])C2=[N+]3C1=C(c1ccc(CCC)cc1)c1c([2H])c([2H])c4n1C31n3c(c([2H])c([2H])c3=C(c3ccc(CCC)cc3)C3=[N+]1C(=C4c1ccc(CCC)cc1)C([2H])=C3[2H])=C2c1ccc(CCC)cc1. The van der Waals surface area contributed by atoms with Gasteiger partial charge in [-0.3, -0.25) is 0 Å². The fraction of sp³-hybridized carbons (Fsp3) is 0.323. The minimum atomic E-state index is -1.81. The van der Waals surface area contributed by atoms with Gasteiger partial charge in [0.15, 0.2) is 0 Å². The Morgan fingerprint density at radius 2 is 0.399 bits per heavy atom. The number of benzene rings is 8. The lowest BCUT2D eigenvalue weighted by Gasteiger charge is -2.41. The molecule has 0 bridgehead atoms. The van der Waals surface area contributed by atoms with E-state index in [4.69, 9.17) is 0 Å². The van der Waals surface area contributed by atoms with Crippen LogP contribution >= 0.6 is 0 Å². The van der Waals surface area contributed by atoms with E-state index in [2.05, 4.69) is 268 Å². The van der Waals surface area contributed by atoms with Crippen molar-refractivity contribution >= 4 is 67.4 Å². The Morgan fingerprint density at radius 1 is 0.196 bits per heavy atom. The summed E-state index contributed by atoms with van der Waals surface area (Å²) in [5.41, 5.74) is 34.8. The molecule has 24 rings (SSSR count). The molecule has 12 aliphatic rings. The highest BCUT2D eigenvalue weighted by Crippen LogP contribution is 2.56. The molecular formula is C130H152N8+4. The number of hydrogen-bond acceptors (Lipinski definition) is 0. The van der Waals surface area contributed by atoms with Crippen LogP contribution in [0, 0.1) is 0 Å². The molecule has 12 aliphatic heterocycles. The molecule has 0 atom stereocenters. The van der Waals surface area contributed by atoms with Gasteiger partial charge in [-0.05, 0) is 189 Å². The van der Waals surface area contributed by atoms with Crippen molar-refractivity contribution < 1.29 is 29.3 Å². The van der Waals surface area contributed by atoms with Crippen molar-refractivity contribution in [2.24, 2.45) is 0 Å². The summed E-state index contributed by atoms with van der Waals surface area (Å²) in [6.07, 6.45) is 25.9. The van der Waals surface area contributed by atoms with Gasteiger partial charge in [0.25, 0.3) is 0 Å². The van der Waals surface area contributed by atoms with E-state index in [0.717, 1.165) is 147 Å². The summed E-state index contributed by atoms with van der Waals surface area (Å²) < 4.78 is 100. The molecule has 0 N–H and O–H groups in total. The third kappa shape index (κ3) is 15.9. The molecule has 0 unspecified atom stereocenters. The molecular weight excluding hydrogens is 1670 g/mol. The maximum atomic E-state index is 10.2. The van der Waals surface area contributed by atoms with Crippen molar-refractivity contribution in [3.8, 4) is 0 Å². The van der Waals surface area contributed by atoms with E-state index in [9.17, 15) is 11.0 Å². The van der Waals surface area contributed by atoms with Crippen molar-refractivity contribution in [1.29, 1.82) is 0 Å². The van der Waals surface area contributed by atoms with Gasteiger partial charge in [0.05, 0.1) is 99.7 Å². The lowest BCUT2D eigenvalue weighted by Crippen LogP contribution is -2.71. The van der Waals surface area contributed by atoms with Gasteiger partial charge in [0.1, 0.15) is 0 Å². The Morgan fingerprint density at radius 3 is 0.638 bits per heavy atom. The number of rotatable bonds is 24. The van der Waals surface area contributed by atoms with Crippen LogP contribution in [-0.2, 0) is 63.2 Å². The Hall–Kier alpha value is -13.0. The predicted octanol–water partition coefficient (Wildman–Crippen LogP) is 28.7. The summed E-state index contributed by atoms with van der Waals surface area (Å²) in [6.45, 7) is 49.6. The normalized spacial score (nSPS) is 16.5. The lowest BCUT2D eigenvalue weighted by atomic mass is 9.92. The first-order valence-corrected chi connectivity index (χ1v) is 53.1. The third-order valence-corrected chi connectivity index (χ3v) is 27.1. The molecule has 0 aliphatic carbocycles. The fourth-order valence-corrected chi connectivity index (χ4v) is 22.0. The molecule has 2 spiro atoms. The molecule has 0 saturated heterocycles. The summed E-state index contributed by atoms with van der Waals surface area (Å²) in [4.78, 5) is 0. The van der Waals surface area contributed by atoms with E-state index >= 15 is 0 Å². The zero-order valence-corrected chi connectivity index (χ0v) is 87.0. The molecule has 16 heterocycles. The average Bonchev–Trinajstić information content (AvgIpc) is 1.44. The minimum absolute atomic E-state index is 0.0768. The van der Waals surface area contributed by atoms with E-state index in [0.29, 0.717) is 67.2 Å². The molecule has 138 heavy (non-hydrogen) atoms. The van der Waals surface area contributed by atoms with E-state index < -0.39 is 11.8 Å². The van der Waals surface area contributed by atoms with Crippen LogP contribution in [0.2, 0.25) is 0 Å². The topological polar surface area (TPSA) is 31.8 Å². The number of aromatic nitrogens is 4. The number of aryl methyl sites for hydroxylation is 8. The number of nitrogens with zero attached hydrogens (tertiary/aromatic N) is 8. The Kier molecular flexibility index (Phi) is 28.2. The van der Waals surface area contributed by atoms with E-state index in [1.54, 1.807) is 0 Å². The number of allylic oxidation sites excluding steroid dienone is 8. The third-order valence-electron chi connectivity index (χ3n) is 27.1. The summed E-state index contributed by atoms with van der Waals surface area (Å²) in [5, 5.41) is 3.20. The molecule has 8 nitrogen and oxygen atoms in total. The Bertz CT molecular complexity index is 7280. The Labute approximate surface area is 837 Å².